The minimum absolute atomic E-state index is 0. The number of amides is 6. The molecule has 10 atom stereocenters. The number of carboxylic acids is 1. The van der Waals surface area contributed by atoms with Crippen molar-refractivity contribution >= 4 is 87.5 Å². The number of nitrogens with one attached hydrogen (secondary N) is 4. The maximum atomic E-state index is 14.5. The summed E-state index contributed by atoms with van der Waals surface area (Å²) in [5, 5.41) is 24.1. The van der Waals surface area contributed by atoms with Crippen molar-refractivity contribution in [2.24, 2.45) is 22.7 Å². The summed E-state index contributed by atoms with van der Waals surface area (Å²) in [5.41, 5.74) is 6.26. The van der Waals surface area contributed by atoms with Crippen molar-refractivity contribution in [2.75, 3.05) is 41.5 Å². The van der Waals surface area contributed by atoms with Crippen molar-refractivity contribution < 1.29 is 125 Å². The number of ether oxygens (including phenoxy) is 8. The van der Waals surface area contributed by atoms with Crippen molar-refractivity contribution in [3.63, 3.8) is 0 Å². The molecule has 6 fully saturated rings. The third-order valence-corrected chi connectivity index (χ3v) is 19.9. The maximum Gasteiger partial charge on any atom is 1.00 e. The van der Waals surface area contributed by atoms with E-state index in [9.17, 15) is 53.1 Å². The van der Waals surface area contributed by atoms with Crippen molar-refractivity contribution in [1.29, 1.82) is 0 Å². The predicted octanol–water partition coefficient (Wildman–Crippen LogP) is 3.29. The average Bonchev–Trinajstić information content (AvgIpc) is 1.60. The number of aryl methyl sites for hydroxylation is 2. The minimum atomic E-state index is -1.52. The summed E-state index contributed by atoms with van der Waals surface area (Å²) in [6, 6.07) is 5.04. The molecule has 4 aliphatic carbocycles. The van der Waals surface area contributed by atoms with Gasteiger partial charge in [0.25, 0.3) is 5.78 Å². The molecule has 30 heteroatoms. The summed E-state index contributed by atoms with van der Waals surface area (Å²) in [6.45, 7) is 21.6. The molecule has 29 nitrogen and oxygen atoms in total. The number of Topliss-reactive ketones (excluding diaryl/α,β-unsaturated/α-hetero) is 1. The van der Waals surface area contributed by atoms with Gasteiger partial charge in [-0.1, -0.05) is 53.7 Å². The first-order valence-corrected chi connectivity index (χ1v) is 34.1. The summed E-state index contributed by atoms with van der Waals surface area (Å²) < 4.78 is 45.0. The van der Waals surface area contributed by atoms with Gasteiger partial charge in [0.1, 0.15) is 88.4 Å². The molecule has 4 heterocycles. The molecule has 0 radical (unpaired) electrons. The molecule has 0 bridgehead atoms. The average molecular weight is 1440 g/mol. The molecule has 4 aromatic rings. The Bertz CT molecular complexity index is 4040. The number of carboxylic acid groups (broad SMARTS) is 1. The fourth-order valence-electron chi connectivity index (χ4n) is 14.1. The quantitative estimate of drug-likeness (QED) is 0.0121. The van der Waals surface area contributed by atoms with Crippen LogP contribution in [0.4, 0.5) is 9.59 Å². The van der Waals surface area contributed by atoms with Gasteiger partial charge in [0.05, 0.1) is 64.2 Å². The van der Waals surface area contributed by atoms with Crippen LogP contribution in [0.3, 0.4) is 0 Å². The van der Waals surface area contributed by atoms with E-state index in [-0.39, 0.29) is 115 Å². The first kappa shape index (κ1) is 79.5. The van der Waals surface area contributed by atoms with Gasteiger partial charge < -0.3 is 84.4 Å². The second-order valence-electron chi connectivity index (χ2n) is 29.0. The number of aromatic carboxylic acids is 1. The Labute approximate surface area is 619 Å². The Morgan fingerprint density at radius 1 is 0.602 bits per heavy atom. The Morgan fingerprint density at radius 2 is 0.981 bits per heavy atom. The number of fused-ring (bicyclic) bond motifs is 2. The fourth-order valence-corrected chi connectivity index (χ4v) is 14.1. The number of aromatic nitrogens is 2. The van der Waals surface area contributed by atoms with Crippen molar-refractivity contribution in [3.8, 4) is 23.0 Å². The third-order valence-electron chi connectivity index (χ3n) is 19.9. The van der Waals surface area contributed by atoms with E-state index in [2.05, 4.69) is 49.2 Å². The van der Waals surface area contributed by atoms with E-state index in [1.165, 1.54) is 50.4 Å². The number of carbonyl (C=O) groups excluding carboxylic acids is 10. The van der Waals surface area contributed by atoms with Crippen LogP contribution in [0.2, 0.25) is 0 Å². The second kappa shape index (κ2) is 32.6. The van der Waals surface area contributed by atoms with E-state index in [0.717, 1.165) is 51.4 Å². The number of pyridine rings is 2. The van der Waals surface area contributed by atoms with E-state index in [0.29, 0.717) is 50.6 Å². The molecule has 6 amide bonds. The number of hydrogen-bond acceptors (Lipinski definition) is 21. The van der Waals surface area contributed by atoms with Gasteiger partial charge in [-0.3, -0.25) is 24.0 Å². The third kappa shape index (κ3) is 17.4. The largest absolute Gasteiger partial charge is 1.00 e. The van der Waals surface area contributed by atoms with Gasteiger partial charge in [-0.05, 0) is 113 Å². The van der Waals surface area contributed by atoms with Crippen molar-refractivity contribution in [1.82, 2.24) is 41.0 Å². The Hall–Kier alpha value is -9.18. The molecule has 2 aliphatic heterocycles. The van der Waals surface area contributed by atoms with Gasteiger partial charge in [-0.15, -0.1) is 13.2 Å². The summed E-state index contributed by atoms with van der Waals surface area (Å²) >= 11 is 0. The zero-order valence-corrected chi connectivity index (χ0v) is 62.7. The van der Waals surface area contributed by atoms with Crippen molar-refractivity contribution in [3.05, 3.63) is 89.8 Å². The molecule has 0 unspecified atom stereocenters. The molecule has 548 valence electrons. The maximum absolute atomic E-state index is 14.5. The summed E-state index contributed by atoms with van der Waals surface area (Å²) in [5.74, 6) is -5.10. The molecule has 2 aromatic carbocycles. The van der Waals surface area contributed by atoms with Gasteiger partial charge >= 0.3 is 59.9 Å². The molecular formula is C73H91N10NaO19. The van der Waals surface area contributed by atoms with E-state index in [4.69, 9.17) is 43.4 Å². The Morgan fingerprint density at radius 3 is 1.31 bits per heavy atom. The second-order valence-corrected chi connectivity index (χ2v) is 29.0. The summed E-state index contributed by atoms with van der Waals surface area (Å²) in [7, 11) is 5.45. The molecular weight excluding hydrogens is 1340 g/mol. The van der Waals surface area contributed by atoms with Crippen LogP contribution in [0.15, 0.2) is 61.7 Å². The zero-order chi connectivity index (χ0) is 74.5. The summed E-state index contributed by atoms with van der Waals surface area (Å²) in [4.78, 5) is 148. The van der Waals surface area contributed by atoms with Gasteiger partial charge in [-0.2, -0.15) is 4.79 Å². The zero-order valence-electron chi connectivity index (χ0n) is 60.7. The number of methoxy groups -OCH3 is 4. The number of ketones is 1. The van der Waals surface area contributed by atoms with Gasteiger partial charge in [0.15, 0.2) is 0 Å². The predicted molar refractivity (Wildman–Crippen MR) is 366 cm³/mol. The van der Waals surface area contributed by atoms with Gasteiger partial charge in [0.2, 0.25) is 23.6 Å². The van der Waals surface area contributed by atoms with Gasteiger partial charge in [0, 0.05) is 58.7 Å². The van der Waals surface area contributed by atoms with Crippen LogP contribution in [0, 0.1) is 36.5 Å². The number of rotatable bonds is 23. The molecule has 4 N–H and O–H groups in total. The van der Waals surface area contributed by atoms with Crippen molar-refractivity contribution in [2.45, 2.75) is 192 Å². The number of esters is 2. The monoisotopic (exact) mass is 1430 g/mol. The van der Waals surface area contributed by atoms with E-state index >= 15 is 0 Å². The number of carbonyl (C=O) groups is 10. The van der Waals surface area contributed by atoms with E-state index in [1.54, 1.807) is 91.8 Å². The number of likely N-dealkylation sites (tertiary alicyclic amines) is 2. The summed E-state index contributed by atoms with van der Waals surface area (Å²) in [6.07, 6.45) is 7.70. The SMILES string of the molecule is C=C[C@@H]1C[C@]1(NC(=O)[C@@H]1C[C@@H](Oc2cc(C(=O)C=[N+]=[N-])nc3c(C)c(OC)ccc23)CN1C(=O)[C@@H](NC(=O)OC1CCCC1)C(C)(C)C)C(=O)OC.C=C[C@@H]1C[C@]1(NC(=O)[C@@H]1C[C@@H](Oc2cc(C(=O)[O-])nc3c(C)c(OC)ccc23)CN1C(=O)[C@@H](NC(=O)OC1CCCC1)C(C)(C)C)C(=O)OC.[Na+]. The molecule has 6 aliphatic rings. The van der Waals surface area contributed by atoms with Crippen LogP contribution in [-0.2, 0) is 47.7 Å². The molecule has 103 heavy (non-hydrogen) atoms. The molecule has 4 saturated carbocycles. The number of alkyl carbamates (subject to hydrolysis) is 2. The van der Waals surface area contributed by atoms with E-state index in [1.807, 2.05) is 0 Å². The van der Waals surface area contributed by atoms with Gasteiger partial charge in [-0.25, -0.2) is 29.1 Å². The first-order chi connectivity index (χ1) is 48.3. The molecule has 2 saturated heterocycles. The molecule has 0 spiro atoms. The topological polar surface area (TPSA) is 384 Å². The van der Waals surface area contributed by atoms with E-state index < -0.39 is 118 Å². The van der Waals surface area contributed by atoms with Crippen LogP contribution < -0.4 is 74.9 Å². The first-order valence-electron chi connectivity index (χ1n) is 34.1. The van der Waals surface area contributed by atoms with Crippen LogP contribution in [0.1, 0.15) is 151 Å². The number of benzene rings is 2. The molecule has 2 aromatic heterocycles. The number of hydrogen-bond donors (Lipinski definition) is 4. The normalized spacial score (nSPS) is 23.3. The minimum Gasteiger partial charge on any atom is -0.543 e. The van der Waals surface area contributed by atoms with Crippen LogP contribution in [0.25, 0.3) is 27.3 Å². The Balaban J connectivity index is 0.000000259. The smallest absolute Gasteiger partial charge is 0.543 e. The standard InChI is InChI=1S/C37H46N6O9.C36H46N4O10.Na/c1-8-21-17-37(21,34(47)50-7)42-32(45)26-15-23(19-43(26)33(46)31(36(3,4)5)41-35(48)52-22-11-9-10-12-22)51-29-16-25(27(44)18-39-38)40-30-20(2)28(49-6)14-13-24(29)30;1-8-20-17-36(20,33(45)48-7)39-30(41)25-15-22(49-27-16-24(32(43)44)37-28-19(2)26(47-6)14-13-23(27)28)18-40(25)31(42)29(35(3,4)5)38-34(46)50-21-11-9-10-12-21;/h8,13-14,16,18,21-23,26,31H,1,9-12,15,17,19H2,2-7H3,(H,41,48)(H,42,45);8,13-14,16,20-22,25,29H,1,9-12,15,17-18H2,2-7H3,(H,38,46)(H,39,41)(H,43,44);/q;;+1/p-1/t21-,23-,26+,31-,37-;20-,22-,25+,29-,36-;/m11./s1. The Kier molecular flexibility index (Phi) is 25.2. The van der Waals surface area contributed by atoms with Crippen LogP contribution in [0.5, 0.6) is 23.0 Å². The van der Waals surface area contributed by atoms with Crippen LogP contribution >= 0.6 is 0 Å². The number of nitrogens with zero attached hydrogens (tertiary/aromatic N) is 6. The molecule has 10 rings (SSSR count). The fraction of sp³-hybridized carbons (Fsp3) is 0.548. The van der Waals surface area contributed by atoms with Crippen LogP contribution in [-0.4, -0.2) is 191 Å².